The number of nitrogen functional groups attached to an aromatic ring is 1. The van der Waals surface area contributed by atoms with Crippen LogP contribution in [0.25, 0.3) is 0 Å². The highest BCUT2D eigenvalue weighted by atomic mass is 16.5. The maximum atomic E-state index is 5.88. The Hall–Kier alpha value is -1.97. The van der Waals surface area contributed by atoms with Crippen molar-refractivity contribution in [2.24, 2.45) is 7.05 Å². The average molecular weight is 245 g/mol. The molecule has 2 N–H and O–H groups in total. The van der Waals surface area contributed by atoms with Gasteiger partial charge < -0.3 is 10.5 Å². The lowest BCUT2D eigenvalue weighted by Gasteiger charge is -2.09. The maximum Gasteiger partial charge on any atom is 0.143 e. The van der Waals surface area contributed by atoms with Crippen LogP contribution < -0.4 is 10.5 Å². The van der Waals surface area contributed by atoms with E-state index in [1.54, 1.807) is 0 Å². The van der Waals surface area contributed by atoms with Gasteiger partial charge in [0.1, 0.15) is 12.4 Å². The summed E-state index contributed by atoms with van der Waals surface area (Å²) in [4.78, 5) is 0. The fourth-order valence-corrected chi connectivity index (χ4v) is 1.80. The van der Waals surface area contributed by atoms with Crippen molar-refractivity contribution in [1.29, 1.82) is 0 Å². The molecule has 0 unspecified atom stereocenters. The van der Waals surface area contributed by atoms with Crippen LogP contribution in [-0.4, -0.2) is 9.78 Å². The molecule has 0 spiro atoms. The van der Waals surface area contributed by atoms with E-state index in [4.69, 9.17) is 10.5 Å². The summed E-state index contributed by atoms with van der Waals surface area (Å²) in [5.74, 6) is 0.731. The molecule has 0 aliphatic rings. The van der Waals surface area contributed by atoms with Crippen molar-refractivity contribution < 1.29 is 4.74 Å². The molecule has 2 aromatic rings. The van der Waals surface area contributed by atoms with Crippen molar-refractivity contribution in [2.45, 2.75) is 26.9 Å². The van der Waals surface area contributed by atoms with Gasteiger partial charge in [-0.2, -0.15) is 5.10 Å². The molecule has 4 heteroatoms. The van der Waals surface area contributed by atoms with Gasteiger partial charge in [0, 0.05) is 7.05 Å². The number of anilines is 1. The van der Waals surface area contributed by atoms with Crippen LogP contribution in [0, 0.1) is 6.92 Å². The Morgan fingerprint density at radius 2 is 2.11 bits per heavy atom. The van der Waals surface area contributed by atoms with Gasteiger partial charge in [-0.15, -0.1) is 0 Å². The van der Waals surface area contributed by atoms with E-state index in [0.717, 1.165) is 29.1 Å². The first-order valence-electron chi connectivity index (χ1n) is 6.11. The standard InChI is InChI=1S/C14H19N3O/c1-4-11-8-12(17(3)16-11)9-18-14-7-10(2)5-6-13(14)15/h5-8H,4,9,15H2,1-3H3. The second-order valence-corrected chi connectivity index (χ2v) is 4.43. The molecule has 0 saturated carbocycles. The molecule has 1 aromatic carbocycles. The summed E-state index contributed by atoms with van der Waals surface area (Å²) in [5.41, 5.74) is 9.80. The largest absolute Gasteiger partial charge is 0.485 e. The van der Waals surface area contributed by atoms with Crippen LogP contribution in [0.3, 0.4) is 0 Å². The van der Waals surface area contributed by atoms with Crippen molar-refractivity contribution in [3.63, 3.8) is 0 Å². The van der Waals surface area contributed by atoms with Gasteiger partial charge in [0.05, 0.1) is 17.1 Å². The second kappa shape index (κ2) is 5.12. The average Bonchev–Trinajstić information content (AvgIpc) is 2.71. The summed E-state index contributed by atoms with van der Waals surface area (Å²) in [6.07, 6.45) is 0.931. The maximum absolute atomic E-state index is 5.88. The Morgan fingerprint density at radius 1 is 1.33 bits per heavy atom. The monoisotopic (exact) mass is 245 g/mol. The molecule has 96 valence electrons. The van der Waals surface area contributed by atoms with Gasteiger partial charge in [-0.3, -0.25) is 4.68 Å². The molecule has 0 radical (unpaired) electrons. The molecule has 0 amide bonds. The Kier molecular flexibility index (Phi) is 3.55. The van der Waals surface area contributed by atoms with Gasteiger partial charge in [0.25, 0.3) is 0 Å². The lowest BCUT2D eigenvalue weighted by Crippen LogP contribution is -2.04. The van der Waals surface area contributed by atoms with E-state index < -0.39 is 0 Å². The summed E-state index contributed by atoms with van der Waals surface area (Å²) in [6.45, 7) is 4.59. The van der Waals surface area contributed by atoms with Gasteiger partial charge in [-0.05, 0) is 37.1 Å². The summed E-state index contributed by atoms with van der Waals surface area (Å²) in [7, 11) is 1.93. The minimum atomic E-state index is 0.483. The fourth-order valence-electron chi connectivity index (χ4n) is 1.80. The SMILES string of the molecule is CCc1cc(COc2cc(C)ccc2N)n(C)n1. The second-order valence-electron chi connectivity index (χ2n) is 4.43. The number of aromatic nitrogens is 2. The zero-order valence-electron chi connectivity index (χ0n) is 11.1. The fraction of sp³-hybridized carbons (Fsp3) is 0.357. The Labute approximate surface area is 107 Å². The molecule has 1 aromatic heterocycles. The molecule has 1 heterocycles. The van der Waals surface area contributed by atoms with Crippen LogP contribution in [0.1, 0.15) is 23.9 Å². The van der Waals surface area contributed by atoms with Crippen molar-refractivity contribution >= 4 is 5.69 Å². The van der Waals surface area contributed by atoms with Gasteiger partial charge in [0.2, 0.25) is 0 Å². The van der Waals surface area contributed by atoms with Crippen LogP contribution in [0.2, 0.25) is 0 Å². The summed E-state index contributed by atoms with van der Waals surface area (Å²) in [5, 5.41) is 4.39. The normalized spacial score (nSPS) is 10.6. The number of rotatable bonds is 4. The summed E-state index contributed by atoms with van der Waals surface area (Å²) in [6, 6.07) is 7.85. The number of aryl methyl sites for hydroxylation is 3. The van der Waals surface area contributed by atoms with E-state index in [1.807, 2.05) is 36.9 Å². The Morgan fingerprint density at radius 3 is 2.78 bits per heavy atom. The number of benzene rings is 1. The summed E-state index contributed by atoms with van der Waals surface area (Å²) < 4.78 is 7.61. The molecule has 0 atom stereocenters. The zero-order valence-corrected chi connectivity index (χ0v) is 11.1. The number of nitrogens with zero attached hydrogens (tertiary/aromatic N) is 2. The number of hydrogen-bond donors (Lipinski definition) is 1. The zero-order chi connectivity index (χ0) is 13.1. The van der Waals surface area contributed by atoms with Crippen LogP contribution in [0.15, 0.2) is 24.3 Å². The summed E-state index contributed by atoms with van der Waals surface area (Å²) >= 11 is 0. The molecular formula is C14H19N3O. The molecule has 0 saturated heterocycles. The van der Waals surface area contributed by atoms with Gasteiger partial charge in [0.15, 0.2) is 0 Å². The molecular weight excluding hydrogens is 226 g/mol. The van der Waals surface area contributed by atoms with Crippen molar-refractivity contribution in [2.75, 3.05) is 5.73 Å². The molecule has 0 fully saturated rings. The van der Waals surface area contributed by atoms with Gasteiger partial charge in [-0.1, -0.05) is 13.0 Å². The lowest BCUT2D eigenvalue weighted by molar-refractivity contribution is 0.296. The van der Waals surface area contributed by atoms with Gasteiger partial charge >= 0.3 is 0 Å². The first kappa shape index (κ1) is 12.5. The molecule has 0 bridgehead atoms. The number of ether oxygens (including phenoxy) is 1. The van der Waals surface area contributed by atoms with Gasteiger partial charge in [-0.25, -0.2) is 0 Å². The predicted octanol–water partition coefficient (Wildman–Crippen LogP) is 2.45. The number of nitrogens with two attached hydrogens (primary N) is 1. The van der Waals surface area contributed by atoms with E-state index in [2.05, 4.69) is 18.1 Å². The third kappa shape index (κ3) is 2.64. The Balaban J connectivity index is 2.11. The topological polar surface area (TPSA) is 53.1 Å². The van der Waals surface area contributed by atoms with Crippen molar-refractivity contribution in [3.05, 3.63) is 41.2 Å². The van der Waals surface area contributed by atoms with Crippen LogP contribution in [0.5, 0.6) is 5.75 Å². The minimum absolute atomic E-state index is 0.483. The smallest absolute Gasteiger partial charge is 0.143 e. The van der Waals surface area contributed by atoms with E-state index in [9.17, 15) is 0 Å². The first-order valence-corrected chi connectivity index (χ1v) is 6.11. The molecule has 2 rings (SSSR count). The minimum Gasteiger partial charge on any atom is -0.485 e. The molecule has 0 aliphatic heterocycles. The molecule has 0 aliphatic carbocycles. The lowest BCUT2D eigenvalue weighted by atomic mass is 10.2. The number of hydrogen-bond acceptors (Lipinski definition) is 3. The molecule has 18 heavy (non-hydrogen) atoms. The highest BCUT2D eigenvalue weighted by Crippen LogP contribution is 2.23. The van der Waals surface area contributed by atoms with E-state index >= 15 is 0 Å². The van der Waals surface area contributed by atoms with Crippen LogP contribution in [0.4, 0.5) is 5.69 Å². The first-order chi connectivity index (χ1) is 8.60. The highest BCUT2D eigenvalue weighted by Gasteiger charge is 2.06. The van der Waals surface area contributed by atoms with E-state index in [0.29, 0.717) is 12.3 Å². The van der Waals surface area contributed by atoms with E-state index in [-0.39, 0.29) is 0 Å². The third-order valence-corrected chi connectivity index (χ3v) is 2.93. The van der Waals surface area contributed by atoms with Crippen LogP contribution >= 0.6 is 0 Å². The Bertz CT molecular complexity index is 546. The highest BCUT2D eigenvalue weighted by molar-refractivity contribution is 5.53. The van der Waals surface area contributed by atoms with E-state index in [1.165, 1.54) is 0 Å². The predicted molar refractivity (Wildman–Crippen MR) is 72.5 cm³/mol. The molecule has 4 nitrogen and oxygen atoms in total. The third-order valence-electron chi connectivity index (χ3n) is 2.93. The van der Waals surface area contributed by atoms with Crippen LogP contribution in [-0.2, 0) is 20.1 Å². The van der Waals surface area contributed by atoms with Crippen molar-refractivity contribution in [1.82, 2.24) is 9.78 Å². The quantitative estimate of drug-likeness (QED) is 0.842. The van der Waals surface area contributed by atoms with Crippen molar-refractivity contribution in [3.8, 4) is 5.75 Å².